The van der Waals surface area contributed by atoms with E-state index in [9.17, 15) is 5.11 Å². The predicted molar refractivity (Wildman–Crippen MR) is 68.2 cm³/mol. The molecular formula is C12H15BrN2O. The number of nitrogens with zero attached hydrogens (tertiary/aromatic N) is 1. The summed E-state index contributed by atoms with van der Waals surface area (Å²) in [6, 6.07) is 7.48. The van der Waals surface area contributed by atoms with Crippen LogP contribution in [-0.4, -0.2) is 16.7 Å². The van der Waals surface area contributed by atoms with Gasteiger partial charge in [-0.15, -0.1) is 0 Å². The number of nitrogens with one attached hydrogen (secondary N) is 1. The molecule has 0 aromatic heterocycles. The Balaban J connectivity index is 2.98. The molecule has 0 fully saturated rings. The van der Waals surface area contributed by atoms with E-state index in [0.717, 1.165) is 10.2 Å². The third-order valence-corrected chi connectivity index (χ3v) is 3.00. The highest BCUT2D eigenvalue weighted by Crippen LogP contribution is 2.23. The van der Waals surface area contributed by atoms with Crippen molar-refractivity contribution in [2.75, 3.05) is 5.32 Å². The van der Waals surface area contributed by atoms with E-state index in [0.29, 0.717) is 5.56 Å². The number of benzene rings is 1. The maximum Gasteiger partial charge on any atom is 0.0992 e. The fourth-order valence-corrected chi connectivity index (χ4v) is 1.70. The summed E-state index contributed by atoms with van der Waals surface area (Å²) >= 11 is 3.34. The van der Waals surface area contributed by atoms with Crippen LogP contribution in [0.3, 0.4) is 0 Å². The lowest BCUT2D eigenvalue weighted by Crippen LogP contribution is -2.41. The number of hydrogen-bond acceptors (Lipinski definition) is 3. The van der Waals surface area contributed by atoms with Gasteiger partial charge in [-0.05, 0) is 39.0 Å². The molecule has 0 aliphatic rings. The number of aliphatic hydroxyl groups excluding tert-OH is 1. The van der Waals surface area contributed by atoms with E-state index >= 15 is 0 Å². The topological polar surface area (TPSA) is 56.0 Å². The van der Waals surface area contributed by atoms with Crippen LogP contribution in [0, 0.1) is 11.3 Å². The number of halogens is 1. The Kier molecular flexibility index (Phi) is 3.95. The van der Waals surface area contributed by atoms with E-state index in [1.165, 1.54) is 0 Å². The number of aliphatic hydroxyl groups is 1. The van der Waals surface area contributed by atoms with Crippen molar-refractivity contribution in [1.82, 2.24) is 0 Å². The average molecular weight is 283 g/mol. The first kappa shape index (κ1) is 13.0. The monoisotopic (exact) mass is 282 g/mol. The Morgan fingerprint density at radius 1 is 1.44 bits per heavy atom. The highest BCUT2D eigenvalue weighted by Gasteiger charge is 2.23. The standard InChI is InChI=1S/C12H15BrN2O/c1-8(16)12(2,3)15-11-5-9(7-14)4-10(13)6-11/h4-6,8,15-16H,1-3H3. The van der Waals surface area contributed by atoms with Crippen molar-refractivity contribution in [3.05, 3.63) is 28.2 Å². The molecule has 1 rings (SSSR count). The van der Waals surface area contributed by atoms with E-state index in [4.69, 9.17) is 5.26 Å². The van der Waals surface area contributed by atoms with Crippen LogP contribution in [-0.2, 0) is 0 Å². The number of nitriles is 1. The fraction of sp³-hybridized carbons (Fsp3) is 0.417. The first-order valence-corrected chi connectivity index (χ1v) is 5.81. The van der Waals surface area contributed by atoms with Crippen molar-refractivity contribution in [3.63, 3.8) is 0 Å². The van der Waals surface area contributed by atoms with Gasteiger partial charge in [0.2, 0.25) is 0 Å². The first-order chi connectivity index (χ1) is 7.35. The summed E-state index contributed by atoms with van der Waals surface area (Å²) in [7, 11) is 0. The summed E-state index contributed by atoms with van der Waals surface area (Å²) in [5.41, 5.74) is 0.961. The van der Waals surface area contributed by atoms with E-state index in [-0.39, 0.29) is 0 Å². The van der Waals surface area contributed by atoms with Gasteiger partial charge in [0.25, 0.3) is 0 Å². The molecule has 1 aromatic carbocycles. The minimum Gasteiger partial charge on any atom is -0.391 e. The smallest absolute Gasteiger partial charge is 0.0992 e. The molecule has 3 nitrogen and oxygen atoms in total. The molecule has 0 saturated carbocycles. The fourth-order valence-electron chi connectivity index (χ4n) is 1.20. The zero-order valence-electron chi connectivity index (χ0n) is 9.58. The van der Waals surface area contributed by atoms with Gasteiger partial charge in [-0.1, -0.05) is 15.9 Å². The Hall–Kier alpha value is -1.05. The number of hydrogen-bond donors (Lipinski definition) is 2. The zero-order valence-corrected chi connectivity index (χ0v) is 11.2. The minimum absolute atomic E-state index is 0.437. The van der Waals surface area contributed by atoms with Crippen LogP contribution >= 0.6 is 15.9 Å². The van der Waals surface area contributed by atoms with Gasteiger partial charge in [-0.3, -0.25) is 0 Å². The molecule has 1 atom stereocenters. The third kappa shape index (κ3) is 3.22. The van der Waals surface area contributed by atoms with Gasteiger partial charge in [-0.25, -0.2) is 0 Å². The summed E-state index contributed by atoms with van der Waals surface area (Å²) in [5.74, 6) is 0. The Morgan fingerprint density at radius 2 is 2.06 bits per heavy atom. The molecular weight excluding hydrogens is 268 g/mol. The van der Waals surface area contributed by atoms with Gasteiger partial charge in [0.15, 0.2) is 0 Å². The van der Waals surface area contributed by atoms with Crippen LogP contribution in [0.15, 0.2) is 22.7 Å². The normalized spacial score (nSPS) is 13.0. The number of anilines is 1. The maximum absolute atomic E-state index is 9.60. The first-order valence-electron chi connectivity index (χ1n) is 5.02. The van der Waals surface area contributed by atoms with Gasteiger partial charge < -0.3 is 10.4 Å². The Morgan fingerprint density at radius 3 is 2.56 bits per heavy atom. The molecule has 16 heavy (non-hydrogen) atoms. The molecule has 86 valence electrons. The zero-order chi connectivity index (χ0) is 12.3. The summed E-state index contributed by atoms with van der Waals surface area (Å²) in [4.78, 5) is 0. The van der Waals surface area contributed by atoms with Gasteiger partial charge in [0.1, 0.15) is 0 Å². The molecule has 4 heteroatoms. The molecule has 0 radical (unpaired) electrons. The van der Waals surface area contributed by atoms with E-state index in [1.54, 1.807) is 19.1 Å². The van der Waals surface area contributed by atoms with E-state index < -0.39 is 11.6 Å². The highest BCUT2D eigenvalue weighted by molar-refractivity contribution is 9.10. The molecule has 0 saturated heterocycles. The van der Waals surface area contributed by atoms with Gasteiger partial charge in [0, 0.05) is 10.2 Å². The second kappa shape index (κ2) is 4.86. The summed E-state index contributed by atoms with van der Waals surface area (Å²) in [6.45, 7) is 5.55. The summed E-state index contributed by atoms with van der Waals surface area (Å²) < 4.78 is 0.843. The lowest BCUT2D eigenvalue weighted by molar-refractivity contribution is 0.133. The Bertz CT molecular complexity index is 422. The van der Waals surface area contributed by atoms with Crippen molar-refractivity contribution in [2.45, 2.75) is 32.4 Å². The van der Waals surface area contributed by atoms with Crippen molar-refractivity contribution >= 4 is 21.6 Å². The second-order valence-electron chi connectivity index (χ2n) is 4.36. The van der Waals surface area contributed by atoms with Crippen LogP contribution < -0.4 is 5.32 Å². The summed E-state index contributed by atoms with van der Waals surface area (Å²) in [5, 5.41) is 21.6. The molecule has 1 aromatic rings. The van der Waals surface area contributed by atoms with Crippen LogP contribution in [0.5, 0.6) is 0 Å². The van der Waals surface area contributed by atoms with E-state index in [1.807, 2.05) is 19.9 Å². The van der Waals surface area contributed by atoms with Gasteiger partial charge in [-0.2, -0.15) is 5.26 Å². The van der Waals surface area contributed by atoms with Crippen LogP contribution in [0.4, 0.5) is 5.69 Å². The maximum atomic E-state index is 9.60. The molecule has 0 amide bonds. The highest BCUT2D eigenvalue weighted by atomic mass is 79.9. The molecule has 0 aliphatic carbocycles. The molecule has 0 bridgehead atoms. The van der Waals surface area contributed by atoms with Gasteiger partial charge >= 0.3 is 0 Å². The van der Waals surface area contributed by atoms with E-state index in [2.05, 4.69) is 27.3 Å². The van der Waals surface area contributed by atoms with Crippen molar-refractivity contribution in [1.29, 1.82) is 5.26 Å². The SMILES string of the molecule is CC(O)C(C)(C)Nc1cc(Br)cc(C#N)c1. The van der Waals surface area contributed by atoms with Crippen molar-refractivity contribution < 1.29 is 5.11 Å². The van der Waals surface area contributed by atoms with Crippen LogP contribution in [0.25, 0.3) is 0 Å². The average Bonchev–Trinajstić information content (AvgIpc) is 2.15. The van der Waals surface area contributed by atoms with Crippen molar-refractivity contribution in [2.24, 2.45) is 0 Å². The quantitative estimate of drug-likeness (QED) is 0.896. The lowest BCUT2D eigenvalue weighted by atomic mass is 9.98. The lowest BCUT2D eigenvalue weighted by Gasteiger charge is -2.30. The molecule has 0 heterocycles. The molecule has 0 aliphatic heterocycles. The largest absolute Gasteiger partial charge is 0.391 e. The summed E-state index contributed by atoms with van der Waals surface area (Å²) in [6.07, 6.45) is -0.489. The predicted octanol–water partition coefficient (Wildman–Crippen LogP) is 2.89. The second-order valence-corrected chi connectivity index (χ2v) is 5.28. The number of rotatable bonds is 3. The molecule has 1 unspecified atom stereocenters. The minimum atomic E-state index is -0.489. The van der Waals surface area contributed by atoms with Crippen LogP contribution in [0.1, 0.15) is 26.3 Å². The Labute approximate surface area is 104 Å². The molecule has 0 spiro atoms. The van der Waals surface area contributed by atoms with Crippen LogP contribution in [0.2, 0.25) is 0 Å². The van der Waals surface area contributed by atoms with Crippen molar-refractivity contribution in [3.8, 4) is 6.07 Å². The van der Waals surface area contributed by atoms with Gasteiger partial charge in [0.05, 0.1) is 23.3 Å². The third-order valence-electron chi connectivity index (χ3n) is 2.54. The molecule has 2 N–H and O–H groups in total.